The fourth-order valence-corrected chi connectivity index (χ4v) is 2.28. The SMILES string of the molecule is CN(C)C(=O)NCCNC1CCc2ccccc2NC1=O. The molecule has 0 saturated heterocycles. The lowest BCUT2D eigenvalue weighted by Gasteiger charge is -2.16. The van der Waals surface area contributed by atoms with Crippen molar-refractivity contribution in [1.29, 1.82) is 0 Å². The van der Waals surface area contributed by atoms with Gasteiger partial charge in [0.1, 0.15) is 0 Å². The third-order valence-corrected chi connectivity index (χ3v) is 3.49. The largest absolute Gasteiger partial charge is 0.337 e. The normalized spacial score (nSPS) is 17.4. The van der Waals surface area contributed by atoms with Crippen molar-refractivity contribution in [3.05, 3.63) is 29.8 Å². The zero-order valence-corrected chi connectivity index (χ0v) is 12.5. The molecule has 0 aromatic heterocycles. The number of carbonyl (C=O) groups is 2. The quantitative estimate of drug-likeness (QED) is 0.718. The molecule has 0 spiro atoms. The van der Waals surface area contributed by atoms with Crippen molar-refractivity contribution in [2.24, 2.45) is 0 Å². The van der Waals surface area contributed by atoms with E-state index in [-0.39, 0.29) is 18.0 Å². The van der Waals surface area contributed by atoms with E-state index >= 15 is 0 Å². The van der Waals surface area contributed by atoms with E-state index in [2.05, 4.69) is 16.0 Å². The molecule has 1 aliphatic rings. The van der Waals surface area contributed by atoms with Crippen molar-refractivity contribution in [2.45, 2.75) is 18.9 Å². The highest BCUT2D eigenvalue weighted by molar-refractivity contribution is 5.96. The summed E-state index contributed by atoms with van der Waals surface area (Å²) in [6.45, 7) is 1.06. The molecule has 1 aromatic rings. The molecule has 3 amide bonds. The second kappa shape index (κ2) is 7.08. The molecule has 3 N–H and O–H groups in total. The fourth-order valence-electron chi connectivity index (χ4n) is 2.28. The third-order valence-electron chi connectivity index (χ3n) is 3.49. The molecule has 114 valence electrons. The van der Waals surface area contributed by atoms with Crippen molar-refractivity contribution in [3.8, 4) is 0 Å². The highest BCUT2D eigenvalue weighted by atomic mass is 16.2. The summed E-state index contributed by atoms with van der Waals surface area (Å²) in [4.78, 5) is 25.0. The number of amides is 3. The fraction of sp³-hybridized carbons (Fsp3) is 0.467. The van der Waals surface area contributed by atoms with Gasteiger partial charge in [0.15, 0.2) is 0 Å². The maximum atomic E-state index is 12.1. The van der Waals surface area contributed by atoms with Crippen LogP contribution in [0.4, 0.5) is 10.5 Å². The summed E-state index contributed by atoms with van der Waals surface area (Å²) in [7, 11) is 3.39. The predicted octanol–water partition coefficient (Wildman–Crippen LogP) is 0.801. The molecule has 1 aliphatic heterocycles. The predicted molar refractivity (Wildman–Crippen MR) is 82.3 cm³/mol. The van der Waals surface area contributed by atoms with Gasteiger partial charge in [0, 0.05) is 32.9 Å². The maximum absolute atomic E-state index is 12.1. The minimum absolute atomic E-state index is 0.0149. The number of hydrogen-bond donors (Lipinski definition) is 3. The number of aryl methyl sites for hydroxylation is 1. The van der Waals surface area contributed by atoms with E-state index in [1.807, 2.05) is 24.3 Å². The van der Waals surface area contributed by atoms with Gasteiger partial charge in [-0.2, -0.15) is 0 Å². The Balaban J connectivity index is 1.80. The number of fused-ring (bicyclic) bond motifs is 1. The van der Waals surface area contributed by atoms with Crippen LogP contribution in [0.1, 0.15) is 12.0 Å². The van der Waals surface area contributed by atoms with Gasteiger partial charge < -0.3 is 20.9 Å². The van der Waals surface area contributed by atoms with Gasteiger partial charge in [-0.25, -0.2) is 4.79 Å². The van der Waals surface area contributed by atoms with Crippen LogP contribution in [0.5, 0.6) is 0 Å². The minimum atomic E-state index is -0.228. The second-order valence-corrected chi connectivity index (χ2v) is 5.32. The van der Waals surface area contributed by atoms with Gasteiger partial charge in [0.05, 0.1) is 6.04 Å². The molecule has 2 rings (SSSR count). The third kappa shape index (κ3) is 4.19. The number of urea groups is 1. The van der Waals surface area contributed by atoms with Crippen molar-refractivity contribution in [1.82, 2.24) is 15.5 Å². The van der Waals surface area contributed by atoms with E-state index in [0.29, 0.717) is 13.1 Å². The highest BCUT2D eigenvalue weighted by Gasteiger charge is 2.22. The van der Waals surface area contributed by atoms with E-state index < -0.39 is 0 Å². The van der Waals surface area contributed by atoms with Crippen LogP contribution in [0.15, 0.2) is 24.3 Å². The molecule has 6 nitrogen and oxygen atoms in total. The summed E-state index contributed by atoms with van der Waals surface area (Å²) in [6, 6.07) is 7.50. The molecule has 1 aromatic carbocycles. The Kier molecular flexibility index (Phi) is 5.16. The zero-order valence-electron chi connectivity index (χ0n) is 12.5. The number of benzene rings is 1. The topological polar surface area (TPSA) is 73.5 Å². The number of nitrogens with zero attached hydrogens (tertiary/aromatic N) is 1. The lowest BCUT2D eigenvalue weighted by atomic mass is 10.1. The van der Waals surface area contributed by atoms with E-state index in [1.165, 1.54) is 4.90 Å². The van der Waals surface area contributed by atoms with Gasteiger partial charge in [-0.05, 0) is 24.5 Å². The summed E-state index contributed by atoms with van der Waals surface area (Å²) < 4.78 is 0. The number of hydrogen-bond acceptors (Lipinski definition) is 3. The first-order chi connectivity index (χ1) is 10.1. The van der Waals surface area contributed by atoms with Crippen LogP contribution >= 0.6 is 0 Å². The first-order valence-corrected chi connectivity index (χ1v) is 7.15. The minimum Gasteiger partial charge on any atom is -0.337 e. The average Bonchev–Trinajstić information content (AvgIpc) is 2.62. The summed E-state index contributed by atoms with van der Waals surface area (Å²) in [5.74, 6) is -0.0149. The Morgan fingerprint density at radius 1 is 1.33 bits per heavy atom. The first kappa shape index (κ1) is 15.3. The molecule has 0 fully saturated rings. The Morgan fingerprint density at radius 2 is 2.10 bits per heavy atom. The summed E-state index contributed by atoms with van der Waals surface area (Å²) >= 11 is 0. The Hall–Kier alpha value is -2.08. The van der Waals surface area contributed by atoms with E-state index in [9.17, 15) is 9.59 Å². The lowest BCUT2D eigenvalue weighted by molar-refractivity contribution is -0.118. The average molecular weight is 290 g/mol. The maximum Gasteiger partial charge on any atom is 0.316 e. The van der Waals surface area contributed by atoms with Crippen molar-refractivity contribution in [3.63, 3.8) is 0 Å². The van der Waals surface area contributed by atoms with E-state index in [4.69, 9.17) is 0 Å². The number of nitrogens with one attached hydrogen (secondary N) is 3. The Bertz CT molecular complexity index is 516. The summed E-state index contributed by atoms with van der Waals surface area (Å²) in [5.41, 5.74) is 2.06. The van der Waals surface area contributed by atoms with Gasteiger partial charge >= 0.3 is 6.03 Å². The second-order valence-electron chi connectivity index (χ2n) is 5.32. The molecular weight excluding hydrogens is 268 g/mol. The molecule has 0 radical (unpaired) electrons. The monoisotopic (exact) mass is 290 g/mol. The van der Waals surface area contributed by atoms with Gasteiger partial charge in [-0.3, -0.25) is 4.79 Å². The van der Waals surface area contributed by atoms with Gasteiger partial charge in [-0.1, -0.05) is 18.2 Å². The van der Waals surface area contributed by atoms with Gasteiger partial charge in [0.25, 0.3) is 0 Å². The molecule has 21 heavy (non-hydrogen) atoms. The molecule has 1 atom stereocenters. The summed E-state index contributed by atoms with van der Waals surface area (Å²) in [6.07, 6.45) is 1.61. The standard InChI is InChI=1S/C15H22N4O2/c1-19(2)15(21)17-10-9-16-13-8-7-11-5-3-4-6-12(11)18-14(13)20/h3-6,13,16H,7-10H2,1-2H3,(H,17,21)(H,18,20). The smallest absolute Gasteiger partial charge is 0.316 e. The van der Waals surface area contributed by atoms with Crippen LogP contribution in [0, 0.1) is 0 Å². The highest BCUT2D eigenvalue weighted by Crippen LogP contribution is 2.21. The van der Waals surface area contributed by atoms with Crippen LogP contribution in [0.2, 0.25) is 0 Å². The first-order valence-electron chi connectivity index (χ1n) is 7.15. The van der Waals surface area contributed by atoms with E-state index in [1.54, 1.807) is 14.1 Å². The van der Waals surface area contributed by atoms with Crippen LogP contribution in [0.25, 0.3) is 0 Å². The zero-order chi connectivity index (χ0) is 15.2. The molecule has 0 aliphatic carbocycles. The van der Waals surface area contributed by atoms with Gasteiger partial charge in [-0.15, -0.1) is 0 Å². The molecule has 1 heterocycles. The molecule has 6 heteroatoms. The lowest BCUT2D eigenvalue weighted by Crippen LogP contribution is -2.44. The van der Waals surface area contributed by atoms with Crippen molar-refractivity contribution >= 4 is 17.6 Å². The van der Waals surface area contributed by atoms with Crippen LogP contribution < -0.4 is 16.0 Å². The molecule has 1 unspecified atom stereocenters. The van der Waals surface area contributed by atoms with Crippen molar-refractivity contribution < 1.29 is 9.59 Å². The van der Waals surface area contributed by atoms with Crippen LogP contribution in [-0.4, -0.2) is 50.1 Å². The van der Waals surface area contributed by atoms with Crippen LogP contribution in [-0.2, 0) is 11.2 Å². The number of para-hydroxylation sites is 1. The Morgan fingerprint density at radius 3 is 2.86 bits per heavy atom. The van der Waals surface area contributed by atoms with Crippen molar-refractivity contribution in [2.75, 3.05) is 32.5 Å². The Labute approximate surface area is 124 Å². The van der Waals surface area contributed by atoms with Gasteiger partial charge in [0.2, 0.25) is 5.91 Å². The molecular formula is C15H22N4O2. The summed E-state index contributed by atoms with van der Waals surface area (Å²) in [5, 5.41) is 8.90. The number of carbonyl (C=O) groups excluding carboxylic acids is 2. The van der Waals surface area contributed by atoms with Crippen LogP contribution in [0.3, 0.4) is 0 Å². The molecule has 0 bridgehead atoms. The number of rotatable bonds is 4. The molecule has 0 saturated carbocycles. The number of anilines is 1. The van der Waals surface area contributed by atoms with E-state index in [0.717, 1.165) is 24.1 Å².